The van der Waals surface area contributed by atoms with Crippen LogP contribution < -0.4 is 16.8 Å². The number of primary amides is 1. The molecule has 0 aromatic heterocycles. The van der Waals surface area contributed by atoms with Gasteiger partial charge in [0.15, 0.2) is 0 Å². The molecule has 20 heavy (non-hydrogen) atoms. The summed E-state index contributed by atoms with van der Waals surface area (Å²) >= 11 is 3.38. The fourth-order valence-corrected chi connectivity index (χ4v) is 2.23. The van der Waals surface area contributed by atoms with Gasteiger partial charge in [-0.2, -0.15) is 0 Å². The number of rotatable bonds is 5. The molecule has 0 heterocycles. The number of carbonyl (C=O) groups excluding carboxylic acids is 1. The van der Waals surface area contributed by atoms with Gasteiger partial charge in [0, 0.05) is 23.2 Å². The Morgan fingerprint density at radius 3 is 2.35 bits per heavy atom. The van der Waals surface area contributed by atoms with Crippen molar-refractivity contribution in [3.63, 3.8) is 0 Å². The normalized spacial score (nSPS) is 10.3. The lowest BCUT2D eigenvalue weighted by Gasteiger charge is -2.11. The standard InChI is InChI=1S/C15H16BrN3O/c16-12-5-6-13(15(18)20)14(7-12)19-9-11-3-1-10(8-17)2-4-11/h1-7,19H,8-9,17H2,(H2,18,20). The average Bonchev–Trinajstić information content (AvgIpc) is 2.45. The molecule has 2 aromatic carbocycles. The van der Waals surface area contributed by atoms with E-state index in [0.717, 1.165) is 21.3 Å². The van der Waals surface area contributed by atoms with Gasteiger partial charge in [0.25, 0.3) is 5.91 Å². The highest BCUT2D eigenvalue weighted by molar-refractivity contribution is 9.10. The number of amides is 1. The molecule has 0 saturated heterocycles. The minimum Gasteiger partial charge on any atom is -0.380 e. The lowest BCUT2D eigenvalue weighted by atomic mass is 10.1. The minimum absolute atomic E-state index is 0.446. The first-order chi connectivity index (χ1) is 9.60. The van der Waals surface area contributed by atoms with Crippen LogP contribution in [0.5, 0.6) is 0 Å². The van der Waals surface area contributed by atoms with E-state index in [2.05, 4.69) is 21.2 Å². The summed E-state index contributed by atoms with van der Waals surface area (Å²) in [5, 5.41) is 3.23. The average molecular weight is 334 g/mol. The van der Waals surface area contributed by atoms with Crippen LogP contribution in [0.4, 0.5) is 5.69 Å². The zero-order valence-electron chi connectivity index (χ0n) is 10.9. The van der Waals surface area contributed by atoms with E-state index in [1.165, 1.54) is 0 Å². The highest BCUT2D eigenvalue weighted by atomic mass is 79.9. The van der Waals surface area contributed by atoms with Crippen molar-refractivity contribution in [2.45, 2.75) is 13.1 Å². The largest absolute Gasteiger partial charge is 0.380 e. The van der Waals surface area contributed by atoms with Crippen molar-refractivity contribution in [2.75, 3.05) is 5.32 Å². The van der Waals surface area contributed by atoms with E-state index >= 15 is 0 Å². The zero-order valence-corrected chi connectivity index (χ0v) is 12.5. The van der Waals surface area contributed by atoms with E-state index in [0.29, 0.717) is 18.7 Å². The molecular formula is C15H16BrN3O. The molecule has 0 aliphatic rings. The molecule has 104 valence electrons. The van der Waals surface area contributed by atoms with Gasteiger partial charge in [0.1, 0.15) is 0 Å². The number of halogens is 1. The summed E-state index contributed by atoms with van der Waals surface area (Å²) in [5.74, 6) is -0.446. The van der Waals surface area contributed by atoms with Gasteiger partial charge < -0.3 is 16.8 Å². The molecule has 2 aromatic rings. The van der Waals surface area contributed by atoms with Crippen LogP contribution in [0.2, 0.25) is 0 Å². The van der Waals surface area contributed by atoms with Crippen molar-refractivity contribution in [2.24, 2.45) is 11.5 Å². The summed E-state index contributed by atoms with van der Waals surface area (Å²) in [6, 6.07) is 13.3. The fourth-order valence-electron chi connectivity index (χ4n) is 1.87. The van der Waals surface area contributed by atoms with E-state index in [-0.39, 0.29) is 0 Å². The fraction of sp³-hybridized carbons (Fsp3) is 0.133. The summed E-state index contributed by atoms with van der Waals surface area (Å²) in [7, 11) is 0. The van der Waals surface area contributed by atoms with Crippen LogP contribution in [0.25, 0.3) is 0 Å². The molecule has 4 nitrogen and oxygen atoms in total. The molecule has 1 amide bonds. The first kappa shape index (κ1) is 14.6. The third kappa shape index (κ3) is 3.59. The summed E-state index contributed by atoms with van der Waals surface area (Å²) in [5.41, 5.74) is 14.3. The monoisotopic (exact) mass is 333 g/mol. The third-order valence-corrected chi connectivity index (χ3v) is 3.48. The second-order valence-electron chi connectivity index (χ2n) is 4.43. The number of hydrogen-bond acceptors (Lipinski definition) is 3. The maximum absolute atomic E-state index is 11.4. The van der Waals surface area contributed by atoms with Gasteiger partial charge in [0.05, 0.1) is 5.56 Å². The van der Waals surface area contributed by atoms with Gasteiger partial charge in [-0.15, -0.1) is 0 Å². The van der Waals surface area contributed by atoms with Crippen LogP contribution in [0.3, 0.4) is 0 Å². The summed E-state index contributed by atoms with van der Waals surface area (Å²) in [6.07, 6.45) is 0. The molecule has 0 radical (unpaired) electrons. The van der Waals surface area contributed by atoms with E-state index in [1.807, 2.05) is 30.3 Å². The molecule has 0 bridgehead atoms. The van der Waals surface area contributed by atoms with Crippen molar-refractivity contribution in [1.82, 2.24) is 0 Å². The molecule has 0 aliphatic carbocycles. The summed E-state index contributed by atoms with van der Waals surface area (Å²) in [6.45, 7) is 1.15. The van der Waals surface area contributed by atoms with E-state index in [4.69, 9.17) is 11.5 Å². The van der Waals surface area contributed by atoms with Gasteiger partial charge >= 0.3 is 0 Å². The van der Waals surface area contributed by atoms with Crippen LogP contribution in [0.1, 0.15) is 21.5 Å². The molecule has 0 saturated carbocycles. The SMILES string of the molecule is NCc1ccc(CNc2cc(Br)ccc2C(N)=O)cc1. The first-order valence-electron chi connectivity index (χ1n) is 6.21. The van der Waals surface area contributed by atoms with E-state index < -0.39 is 5.91 Å². The molecule has 0 spiro atoms. The van der Waals surface area contributed by atoms with Gasteiger partial charge in [0.2, 0.25) is 0 Å². The minimum atomic E-state index is -0.446. The van der Waals surface area contributed by atoms with Crippen LogP contribution >= 0.6 is 15.9 Å². The molecule has 0 unspecified atom stereocenters. The maximum Gasteiger partial charge on any atom is 0.250 e. The smallest absolute Gasteiger partial charge is 0.250 e. The Labute approximate surface area is 126 Å². The Morgan fingerprint density at radius 1 is 1.10 bits per heavy atom. The topological polar surface area (TPSA) is 81.1 Å². The first-order valence-corrected chi connectivity index (χ1v) is 7.00. The van der Waals surface area contributed by atoms with Crippen molar-refractivity contribution >= 4 is 27.5 Å². The number of anilines is 1. The number of hydrogen-bond donors (Lipinski definition) is 3. The summed E-state index contributed by atoms with van der Waals surface area (Å²) in [4.78, 5) is 11.4. The van der Waals surface area contributed by atoms with Crippen LogP contribution in [0.15, 0.2) is 46.9 Å². The molecule has 5 heteroatoms. The Hall–Kier alpha value is -1.85. The molecule has 0 aliphatic heterocycles. The van der Waals surface area contributed by atoms with E-state index in [9.17, 15) is 4.79 Å². The van der Waals surface area contributed by atoms with Gasteiger partial charge in [-0.1, -0.05) is 40.2 Å². The predicted octanol–water partition coefficient (Wildman–Crippen LogP) is 2.62. The van der Waals surface area contributed by atoms with E-state index in [1.54, 1.807) is 12.1 Å². The molecule has 0 atom stereocenters. The zero-order chi connectivity index (χ0) is 14.5. The van der Waals surface area contributed by atoms with Crippen LogP contribution in [-0.2, 0) is 13.1 Å². The second-order valence-corrected chi connectivity index (χ2v) is 5.34. The highest BCUT2D eigenvalue weighted by Gasteiger charge is 2.08. The number of nitrogens with two attached hydrogens (primary N) is 2. The Bertz CT molecular complexity index is 611. The lowest BCUT2D eigenvalue weighted by Crippen LogP contribution is -2.14. The highest BCUT2D eigenvalue weighted by Crippen LogP contribution is 2.22. The third-order valence-electron chi connectivity index (χ3n) is 2.99. The Kier molecular flexibility index (Phi) is 4.76. The number of nitrogens with one attached hydrogen (secondary N) is 1. The summed E-state index contributed by atoms with van der Waals surface area (Å²) < 4.78 is 0.892. The van der Waals surface area contributed by atoms with Gasteiger partial charge in [-0.3, -0.25) is 4.79 Å². The van der Waals surface area contributed by atoms with Crippen molar-refractivity contribution < 1.29 is 4.79 Å². The van der Waals surface area contributed by atoms with Crippen LogP contribution in [-0.4, -0.2) is 5.91 Å². The van der Waals surface area contributed by atoms with Crippen molar-refractivity contribution in [1.29, 1.82) is 0 Å². The molecule has 0 fully saturated rings. The number of benzene rings is 2. The maximum atomic E-state index is 11.4. The Morgan fingerprint density at radius 2 is 1.75 bits per heavy atom. The molecular weight excluding hydrogens is 318 g/mol. The van der Waals surface area contributed by atoms with Gasteiger partial charge in [-0.25, -0.2) is 0 Å². The predicted molar refractivity (Wildman–Crippen MR) is 84.3 cm³/mol. The van der Waals surface area contributed by atoms with Gasteiger partial charge in [-0.05, 0) is 29.3 Å². The Balaban J connectivity index is 2.13. The quantitative estimate of drug-likeness (QED) is 0.786. The van der Waals surface area contributed by atoms with Crippen molar-refractivity contribution in [3.05, 3.63) is 63.6 Å². The van der Waals surface area contributed by atoms with Crippen LogP contribution in [0, 0.1) is 0 Å². The van der Waals surface area contributed by atoms with Crippen molar-refractivity contribution in [3.8, 4) is 0 Å². The number of carbonyl (C=O) groups is 1. The molecule has 2 rings (SSSR count). The lowest BCUT2D eigenvalue weighted by molar-refractivity contribution is 0.100. The molecule has 5 N–H and O–H groups in total. The second kappa shape index (κ2) is 6.54.